The first-order valence-corrected chi connectivity index (χ1v) is 17.1. The van der Waals surface area contributed by atoms with Crippen LogP contribution in [0.4, 0.5) is 0 Å². The number of hydrogen-bond acceptors (Lipinski definition) is 4. The second kappa shape index (κ2) is 9.77. The van der Waals surface area contributed by atoms with Gasteiger partial charge in [-0.15, -0.1) is 0 Å². The van der Waals surface area contributed by atoms with Gasteiger partial charge in [0.1, 0.15) is 11.2 Å². The van der Waals surface area contributed by atoms with Crippen molar-refractivity contribution in [2.75, 3.05) is 0 Å². The molecule has 51 heavy (non-hydrogen) atoms. The van der Waals surface area contributed by atoms with Crippen molar-refractivity contribution in [2.24, 2.45) is 0 Å². The van der Waals surface area contributed by atoms with E-state index in [9.17, 15) is 0 Å². The van der Waals surface area contributed by atoms with Crippen molar-refractivity contribution in [3.63, 3.8) is 0 Å². The molecule has 236 valence electrons. The predicted molar refractivity (Wildman–Crippen MR) is 207 cm³/mol. The van der Waals surface area contributed by atoms with Crippen LogP contribution < -0.4 is 0 Å². The summed E-state index contributed by atoms with van der Waals surface area (Å²) in [5, 5.41) is 9.24. The molecule has 0 aliphatic carbocycles. The maximum atomic E-state index is 6.65. The zero-order chi connectivity index (χ0) is 33.2. The highest BCUT2D eigenvalue weighted by Crippen LogP contribution is 2.43. The van der Waals surface area contributed by atoms with Gasteiger partial charge >= 0.3 is 0 Å². The third kappa shape index (κ3) is 3.57. The normalized spacial score (nSPS) is 12.3. The molecule has 0 amide bonds. The first kappa shape index (κ1) is 26.9. The van der Waals surface area contributed by atoms with Crippen LogP contribution in [0, 0.1) is 0 Å². The summed E-state index contributed by atoms with van der Waals surface area (Å²) in [7, 11) is 0. The molecule has 5 heterocycles. The average molecular weight is 652 g/mol. The van der Waals surface area contributed by atoms with Crippen LogP contribution in [0.3, 0.4) is 0 Å². The third-order valence-corrected chi connectivity index (χ3v) is 10.5. The zero-order valence-electron chi connectivity index (χ0n) is 27.1. The smallest absolute Gasteiger partial charge is 0.238 e. The highest BCUT2D eigenvalue weighted by Gasteiger charge is 2.23. The lowest BCUT2D eigenvalue weighted by molar-refractivity contribution is 0.669. The number of furan rings is 1. The van der Waals surface area contributed by atoms with E-state index < -0.39 is 0 Å². The average Bonchev–Trinajstić information content (AvgIpc) is 3.93. The van der Waals surface area contributed by atoms with Crippen LogP contribution in [0.1, 0.15) is 0 Å². The molecule has 0 saturated heterocycles. The maximum Gasteiger partial charge on any atom is 0.238 e. The van der Waals surface area contributed by atoms with Gasteiger partial charge in [0, 0.05) is 54.2 Å². The molecule has 7 aromatic carbocycles. The van der Waals surface area contributed by atoms with Crippen molar-refractivity contribution in [1.82, 2.24) is 23.9 Å². The number of benzene rings is 7. The second-order valence-corrected chi connectivity index (χ2v) is 13.2. The molecule has 0 atom stereocenters. The standard InChI is InChI=1S/C45H25N5O/c1-2-12-26(13-3-1)43-46-44(48-45(47-43)50-36-21-8-4-14-27(36)28-15-5-9-22-37(28)50)32-19-11-23-39-41(32)34-24-38-33(25-40(34)51-39)31-18-10-17-30-29-16-6-7-20-35(29)49(38)42(30)31/h1-25H. The first-order chi connectivity index (χ1) is 25.3. The highest BCUT2D eigenvalue weighted by atomic mass is 16.3. The summed E-state index contributed by atoms with van der Waals surface area (Å²) in [6.07, 6.45) is 0. The third-order valence-electron chi connectivity index (χ3n) is 10.5. The topological polar surface area (TPSA) is 61.1 Å². The molecule has 6 heteroatoms. The summed E-state index contributed by atoms with van der Waals surface area (Å²) >= 11 is 0. The molecule has 0 radical (unpaired) electrons. The van der Waals surface area contributed by atoms with Gasteiger partial charge in [0.15, 0.2) is 11.6 Å². The van der Waals surface area contributed by atoms with Gasteiger partial charge in [-0.2, -0.15) is 9.97 Å². The summed E-state index contributed by atoms with van der Waals surface area (Å²) in [6, 6.07) is 52.9. The Morgan fingerprint density at radius 2 is 1.02 bits per heavy atom. The van der Waals surface area contributed by atoms with Crippen molar-refractivity contribution in [3.05, 3.63) is 152 Å². The Morgan fingerprint density at radius 1 is 0.412 bits per heavy atom. The van der Waals surface area contributed by atoms with Gasteiger partial charge in [-0.1, -0.05) is 115 Å². The second-order valence-electron chi connectivity index (χ2n) is 13.2. The van der Waals surface area contributed by atoms with Crippen LogP contribution in [0.2, 0.25) is 0 Å². The van der Waals surface area contributed by atoms with Crippen molar-refractivity contribution in [1.29, 1.82) is 0 Å². The van der Waals surface area contributed by atoms with Crippen molar-refractivity contribution < 1.29 is 4.42 Å². The van der Waals surface area contributed by atoms with E-state index in [2.05, 4.69) is 118 Å². The molecule has 0 saturated carbocycles. The van der Waals surface area contributed by atoms with E-state index in [0.29, 0.717) is 17.6 Å². The summed E-state index contributed by atoms with van der Waals surface area (Å²) in [4.78, 5) is 15.6. The van der Waals surface area contributed by atoms with E-state index in [0.717, 1.165) is 60.4 Å². The number of hydrogen-bond donors (Lipinski definition) is 0. The Hall–Kier alpha value is -7.05. The number of nitrogens with zero attached hydrogens (tertiary/aromatic N) is 5. The van der Waals surface area contributed by atoms with Crippen molar-refractivity contribution in [2.45, 2.75) is 0 Å². The Kier molecular flexibility index (Phi) is 5.14. The summed E-state index contributed by atoms with van der Waals surface area (Å²) in [5.74, 6) is 1.77. The number of fused-ring (bicyclic) bond motifs is 12. The zero-order valence-corrected chi connectivity index (χ0v) is 27.1. The van der Waals surface area contributed by atoms with Crippen LogP contribution in [0.15, 0.2) is 156 Å². The van der Waals surface area contributed by atoms with Crippen LogP contribution in [-0.4, -0.2) is 23.9 Å². The molecule has 0 aliphatic rings. The molecule has 0 bridgehead atoms. The predicted octanol–water partition coefficient (Wildman–Crippen LogP) is 11.4. The van der Waals surface area contributed by atoms with Gasteiger partial charge < -0.3 is 8.82 Å². The summed E-state index contributed by atoms with van der Waals surface area (Å²) < 4.78 is 11.2. The Balaban J connectivity index is 1.18. The minimum atomic E-state index is 0.568. The molecule has 5 aromatic heterocycles. The van der Waals surface area contributed by atoms with Gasteiger partial charge in [-0.05, 0) is 36.4 Å². The lowest BCUT2D eigenvalue weighted by Crippen LogP contribution is -2.06. The van der Waals surface area contributed by atoms with E-state index in [4.69, 9.17) is 19.4 Å². The Morgan fingerprint density at radius 3 is 1.78 bits per heavy atom. The van der Waals surface area contributed by atoms with Crippen molar-refractivity contribution in [3.8, 4) is 28.7 Å². The van der Waals surface area contributed by atoms with Gasteiger partial charge in [0.2, 0.25) is 5.95 Å². The van der Waals surface area contributed by atoms with Gasteiger partial charge in [0.05, 0.1) is 27.6 Å². The fourth-order valence-corrected chi connectivity index (χ4v) is 8.37. The Bertz CT molecular complexity index is 3320. The number of rotatable bonds is 3. The monoisotopic (exact) mass is 651 g/mol. The lowest BCUT2D eigenvalue weighted by Gasteiger charge is -2.11. The van der Waals surface area contributed by atoms with E-state index in [-0.39, 0.29) is 0 Å². The SMILES string of the molecule is c1ccc(-c2nc(-c3cccc4oc5cc6c7cccc8c9ccccc9n(c6cc5c34)c87)nc(-n3c4ccccc4c4ccccc43)n2)cc1. The first-order valence-electron chi connectivity index (χ1n) is 17.1. The molecular formula is C45H25N5O. The molecule has 0 fully saturated rings. The number of aromatic nitrogens is 5. The quantitative estimate of drug-likeness (QED) is 0.191. The summed E-state index contributed by atoms with van der Waals surface area (Å²) in [5.41, 5.74) is 9.13. The van der Waals surface area contributed by atoms with E-state index in [1.54, 1.807) is 0 Å². The van der Waals surface area contributed by atoms with Gasteiger partial charge in [-0.25, -0.2) is 4.98 Å². The van der Waals surface area contributed by atoms with Crippen molar-refractivity contribution >= 4 is 81.8 Å². The van der Waals surface area contributed by atoms with Crippen LogP contribution in [-0.2, 0) is 0 Å². The minimum absolute atomic E-state index is 0.568. The molecule has 12 aromatic rings. The molecule has 0 unspecified atom stereocenters. The van der Waals surface area contributed by atoms with E-state index in [1.807, 2.05) is 42.5 Å². The Labute approximate surface area is 289 Å². The number of para-hydroxylation sites is 4. The summed E-state index contributed by atoms with van der Waals surface area (Å²) in [6.45, 7) is 0. The minimum Gasteiger partial charge on any atom is -0.456 e. The molecule has 6 nitrogen and oxygen atoms in total. The van der Waals surface area contributed by atoms with E-state index >= 15 is 0 Å². The fraction of sp³-hybridized carbons (Fsp3) is 0. The van der Waals surface area contributed by atoms with Crippen LogP contribution in [0.25, 0.3) is 111 Å². The maximum absolute atomic E-state index is 6.65. The van der Waals surface area contributed by atoms with Gasteiger partial charge in [-0.3, -0.25) is 4.57 Å². The van der Waals surface area contributed by atoms with Crippen LogP contribution >= 0.6 is 0 Å². The molecule has 0 spiro atoms. The molecule has 0 aliphatic heterocycles. The molecule has 12 rings (SSSR count). The highest BCUT2D eigenvalue weighted by molar-refractivity contribution is 6.26. The lowest BCUT2D eigenvalue weighted by atomic mass is 10.0. The molecular weight excluding hydrogens is 627 g/mol. The fourth-order valence-electron chi connectivity index (χ4n) is 8.37. The van der Waals surface area contributed by atoms with Gasteiger partial charge in [0.25, 0.3) is 0 Å². The largest absolute Gasteiger partial charge is 0.456 e. The van der Waals surface area contributed by atoms with E-state index in [1.165, 1.54) is 32.6 Å². The van der Waals surface area contributed by atoms with Crippen LogP contribution in [0.5, 0.6) is 0 Å². The molecule has 0 N–H and O–H groups in total.